The molecule has 142 valence electrons. The fourth-order valence-corrected chi connectivity index (χ4v) is 15.7. The minimum absolute atomic E-state index is 0.881. The second-order valence-corrected chi connectivity index (χ2v) is 17.5. The van der Waals surface area contributed by atoms with Crippen molar-refractivity contribution in [3.63, 3.8) is 0 Å². The van der Waals surface area contributed by atoms with Crippen LogP contribution in [0.4, 0.5) is 0 Å². The molecule has 0 aliphatic heterocycles. The van der Waals surface area contributed by atoms with Gasteiger partial charge in [-0.3, -0.25) is 0 Å². The van der Waals surface area contributed by atoms with E-state index in [0.29, 0.717) is 0 Å². The van der Waals surface area contributed by atoms with Crippen molar-refractivity contribution in [3.05, 3.63) is 125 Å². The number of rotatable bonds is 6. The van der Waals surface area contributed by atoms with Crippen molar-refractivity contribution in [1.82, 2.24) is 0 Å². The van der Waals surface area contributed by atoms with E-state index in [4.69, 9.17) is 4.74 Å². The van der Waals surface area contributed by atoms with E-state index >= 15 is 0 Å². The number of hydrogen-bond acceptors (Lipinski definition) is 1. The van der Waals surface area contributed by atoms with Crippen LogP contribution in [0.1, 0.15) is 5.56 Å². The average molecular weight is 483 g/mol. The van der Waals surface area contributed by atoms with Crippen molar-refractivity contribution in [2.24, 2.45) is 0 Å². The Morgan fingerprint density at radius 1 is 0.552 bits per heavy atom. The topological polar surface area (TPSA) is 9.23 Å². The molecule has 0 heterocycles. The van der Waals surface area contributed by atoms with Crippen LogP contribution in [-0.2, 0) is 0 Å². The molecule has 0 aliphatic carbocycles. The maximum atomic E-state index is 5.31. The fourth-order valence-electron chi connectivity index (χ4n) is 3.83. The Labute approximate surface area is 177 Å². The summed E-state index contributed by atoms with van der Waals surface area (Å²) in [4.78, 5) is 0. The molecule has 0 unspecified atom stereocenters. The zero-order valence-corrected chi connectivity index (χ0v) is 19.4. The summed E-state index contributed by atoms with van der Waals surface area (Å²) in [5, 5.41) is 0. The van der Waals surface area contributed by atoms with Crippen LogP contribution in [0.5, 0.6) is 5.75 Å². The normalized spacial score (nSPS) is 11.5. The van der Waals surface area contributed by atoms with E-state index in [2.05, 4.69) is 113 Å². The minimum atomic E-state index is -3.34. The molecule has 0 atom stereocenters. The van der Waals surface area contributed by atoms with Gasteiger partial charge in [-0.2, -0.15) is 0 Å². The van der Waals surface area contributed by atoms with Crippen molar-refractivity contribution in [2.45, 2.75) is 0 Å². The number of ether oxygens (including phenoxy) is 1. The van der Waals surface area contributed by atoms with E-state index < -0.39 is 18.4 Å². The van der Waals surface area contributed by atoms with Gasteiger partial charge in [0.05, 0.1) is 0 Å². The van der Waals surface area contributed by atoms with E-state index in [0.717, 1.165) is 5.75 Å². The van der Waals surface area contributed by atoms with Gasteiger partial charge >= 0.3 is 178 Å². The van der Waals surface area contributed by atoms with Crippen LogP contribution in [0.15, 0.2) is 119 Å². The second-order valence-electron chi connectivity index (χ2n) is 7.01. The Balaban J connectivity index is 1.93. The first-order valence-electron chi connectivity index (χ1n) is 9.83. The molecular weight excluding hydrogens is 459 g/mol. The second kappa shape index (κ2) is 9.14. The van der Waals surface area contributed by atoms with E-state index in [1.165, 1.54) is 16.3 Å². The summed E-state index contributed by atoms with van der Waals surface area (Å²) in [5.74, 6) is 0.881. The van der Waals surface area contributed by atoms with Gasteiger partial charge in [-0.25, -0.2) is 0 Å². The Morgan fingerprint density at radius 2 is 0.966 bits per heavy atom. The molecule has 0 N–H and O–H groups in total. The first-order chi connectivity index (χ1) is 14.3. The Hall–Kier alpha value is -2.78. The van der Waals surface area contributed by atoms with Gasteiger partial charge in [-0.1, -0.05) is 0 Å². The molecule has 4 rings (SSSR count). The van der Waals surface area contributed by atoms with Crippen molar-refractivity contribution >= 4 is 35.2 Å². The molecule has 4 aromatic carbocycles. The predicted molar refractivity (Wildman–Crippen MR) is 126 cm³/mol. The van der Waals surface area contributed by atoms with Gasteiger partial charge in [0.1, 0.15) is 0 Å². The van der Waals surface area contributed by atoms with Gasteiger partial charge < -0.3 is 0 Å². The summed E-state index contributed by atoms with van der Waals surface area (Å²) in [6.45, 7) is 0. The SMILES string of the molecule is COc1ccc(/C=[CH]/[Sn]([c]2ccccc2)([c]2ccccc2)[c]2ccccc2)cc1. The molecule has 0 spiro atoms. The molecule has 29 heavy (non-hydrogen) atoms. The van der Waals surface area contributed by atoms with Crippen molar-refractivity contribution in [3.8, 4) is 5.75 Å². The third-order valence-electron chi connectivity index (χ3n) is 5.33. The first-order valence-corrected chi connectivity index (χ1v) is 15.8. The Morgan fingerprint density at radius 3 is 1.34 bits per heavy atom. The number of methoxy groups -OCH3 is 1. The average Bonchev–Trinajstić information content (AvgIpc) is 2.82. The van der Waals surface area contributed by atoms with Crippen LogP contribution >= 0.6 is 0 Å². The summed E-state index contributed by atoms with van der Waals surface area (Å²) in [5.41, 5.74) is 1.19. The van der Waals surface area contributed by atoms with E-state index in [9.17, 15) is 0 Å². The van der Waals surface area contributed by atoms with Crippen LogP contribution in [0, 0.1) is 0 Å². The molecule has 4 aromatic rings. The third-order valence-corrected chi connectivity index (χ3v) is 17.9. The molecule has 0 aromatic heterocycles. The molecule has 0 saturated heterocycles. The molecule has 0 saturated carbocycles. The molecule has 0 radical (unpaired) electrons. The van der Waals surface area contributed by atoms with E-state index in [1.807, 2.05) is 12.1 Å². The molecule has 0 aliphatic rings. The van der Waals surface area contributed by atoms with Crippen LogP contribution in [0.2, 0.25) is 0 Å². The monoisotopic (exact) mass is 484 g/mol. The third kappa shape index (κ3) is 4.15. The fraction of sp³-hybridized carbons (Fsp3) is 0.0370. The summed E-state index contributed by atoms with van der Waals surface area (Å²) in [6.07, 6.45) is 2.29. The standard InChI is InChI=1S/C9H9O.3C6H5.Sn/c1-3-8-4-6-9(10-2)7-5-8;3*1-2-4-6-5-3-1;/h1,3-7H,2H3;3*1-5H;. The number of benzene rings is 4. The zero-order valence-electron chi connectivity index (χ0n) is 16.5. The first kappa shape index (κ1) is 19.5. The molecule has 0 amide bonds. The van der Waals surface area contributed by atoms with Gasteiger partial charge in [0, 0.05) is 0 Å². The number of hydrogen-bond donors (Lipinski definition) is 0. The zero-order chi connectivity index (χ0) is 19.9. The van der Waals surface area contributed by atoms with Crippen molar-refractivity contribution in [2.75, 3.05) is 7.11 Å². The van der Waals surface area contributed by atoms with Crippen molar-refractivity contribution in [1.29, 1.82) is 0 Å². The molecule has 2 heteroatoms. The summed E-state index contributed by atoms with van der Waals surface area (Å²) in [7, 11) is 1.70. The van der Waals surface area contributed by atoms with E-state index in [-0.39, 0.29) is 0 Å². The van der Waals surface area contributed by atoms with E-state index in [1.54, 1.807) is 7.11 Å². The van der Waals surface area contributed by atoms with Gasteiger partial charge in [0.15, 0.2) is 0 Å². The summed E-state index contributed by atoms with van der Waals surface area (Å²) in [6, 6.07) is 41.3. The molecule has 1 nitrogen and oxygen atoms in total. The molecule has 0 fully saturated rings. The summed E-state index contributed by atoms with van der Waals surface area (Å²) >= 11 is -3.34. The molecular formula is C27H24OSn. The Bertz CT molecular complexity index is 959. The van der Waals surface area contributed by atoms with Crippen LogP contribution in [0.25, 0.3) is 6.08 Å². The van der Waals surface area contributed by atoms with Crippen LogP contribution in [-0.4, -0.2) is 25.5 Å². The van der Waals surface area contributed by atoms with Crippen molar-refractivity contribution < 1.29 is 4.74 Å². The van der Waals surface area contributed by atoms with Gasteiger partial charge in [0.25, 0.3) is 0 Å². The Kier molecular flexibility index (Phi) is 6.16. The van der Waals surface area contributed by atoms with Gasteiger partial charge in [-0.15, -0.1) is 0 Å². The maximum absolute atomic E-state index is 5.31. The summed E-state index contributed by atoms with van der Waals surface area (Å²) < 4.78 is 12.2. The molecule has 0 bridgehead atoms. The van der Waals surface area contributed by atoms with Gasteiger partial charge in [0.2, 0.25) is 0 Å². The quantitative estimate of drug-likeness (QED) is 0.370. The van der Waals surface area contributed by atoms with Gasteiger partial charge in [-0.05, 0) is 0 Å². The van der Waals surface area contributed by atoms with Crippen LogP contribution < -0.4 is 15.5 Å². The van der Waals surface area contributed by atoms with Crippen LogP contribution in [0.3, 0.4) is 0 Å². The predicted octanol–water partition coefficient (Wildman–Crippen LogP) is 4.42.